The first-order valence-electron chi connectivity index (χ1n) is 6.77. The lowest BCUT2D eigenvalue weighted by Crippen LogP contribution is -2.27. The maximum absolute atomic E-state index is 12.4. The zero-order chi connectivity index (χ0) is 15.4. The molecule has 112 valence electrons. The van der Waals surface area contributed by atoms with Gasteiger partial charge < -0.3 is 19.9 Å². The first-order chi connectivity index (χ1) is 10.0. The van der Waals surface area contributed by atoms with Gasteiger partial charge in [-0.2, -0.15) is 0 Å². The molecule has 0 spiro atoms. The molecule has 21 heavy (non-hydrogen) atoms. The molecule has 6 nitrogen and oxygen atoms in total. The Balaban J connectivity index is 2.12. The average Bonchev–Trinajstić information content (AvgIpc) is 2.86. The Morgan fingerprint density at radius 1 is 1.48 bits per heavy atom. The lowest BCUT2D eigenvalue weighted by atomic mass is 10.1. The van der Waals surface area contributed by atoms with Gasteiger partial charge >= 0.3 is 0 Å². The summed E-state index contributed by atoms with van der Waals surface area (Å²) in [5, 5.41) is 0. The van der Waals surface area contributed by atoms with E-state index in [1.165, 1.54) is 0 Å². The van der Waals surface area contributed by atoms with Gasteiger partial charge in [-0.3, -0.25) is 4.79 Å². The van der Waals surface area contributed by atoms with Crippen molar-refractivity contribution in [3.8, 4) is 5.75 Å². The number of anilines is 1. The Kier molecular flexibility index (Phi) is 4.47. The number of nitrogens with zero attached hydrogens (tertiary/aromatic N) is 3. The summed E-state index contributed by atoms with van der Waals surface area (Å²) in [6.45, 7) is 2.87. The van der Waals surface area contributed by atoms with Crippen LogP contribution in [0.25, 0.3) is 0 Å². The number of amides is 1. The zero-order valence-corrected chi connectivity index (χ0v) is 12.5. The van der Waals surface area contributed by atoms with Crippen LogP contribution in [0, 0.1) is 0 Å². The van der Waals surface area contributed by atoms with Crippen molar-refractivity contribution in [2.45, 2.75) is 13.5 Å². The van der Waals surface area contributed by atoms with E-state index in [1.54, 1.807) is 36.3 Å². The van der Waals surface area contributed by atoms with E-state index in [0.717, 1.165) is 5.82 Å². The summed E-state index contributed by atoms with van der Waals surface area (Å²) in [4.78, 5) is 18.2. The molecule has 0 bridgehead atoms. The van der Waals surface area contributed by atoms with E-state index in [2.05, 4.69) is 4.98 Å². The summed E-state index contributed by atoms with van der Waals surface area (Å²) >= 11 is 0. The summed E-state index contributed by atoms with van der Waals surface area (Å²) in [7, 11) is 3.64. The van der Waals surface area contributed by atoms with E-state index in [0.29, 0.717) is 30.2 Å². The third-order valence-electron chi connectivity index (χ3n) is 3.20. The Bertz CT molecular complexity index is 636. The second-order valence-electron chi connectivity index (χ2n) is 4.80. The maximum Gasteiger partial charge on any atom is 0.254 e. The molecule has 2 rings (SSSR count). The fourth-order valence-electron chi connectivity index (χ4n) is 2.02. The molecule has 1 heterocycles. The van der Waals surface area contributed by atoms with Crippen LogP contribution in [0.15, 0.2) is 30.6 Å². The standard InChI is InChI=1S/C15H20N4O2/c1-4-21-13-6-5-11(9-12(13)16)15(20)19(3)10-14-17-7-8-18(14)2/h5-9H,4,10,16H2,1-3H3. The van der Waals surface area contributed by atoms with Crippen molar-refractivity contribution in [3.63, 3.8) is 0 Å². The maximum atomic E-state index is 12.4. The van der Waals surface area contributed by atoms with E-state index in [-0.39, 0.29) is 5.91 Å². The first kappa shape index (κ1) is 14.9. The summed E-state index contributed by atoms with van der Waals surface area (Å²) in [6, 6.07) is 5.08. The van der Waals surface area contributed by atoms with E-state index in [1.807, 2.05) is 24.7 Å². The second kappa shape index (κ2) is 6.30. The predicted molar refractivity (Wildman–Crippen MR) is 81.0 cm³/mol. The molecule has 0 aliphatic heterocycles. The van der Waals surface area contributed by atoms with Crippen LogP contribution in [0.4, 0.5) is 5.69 Å². The summed E-state index contributed by atoms with van der Waals surface area (Å²) in [5.74, 6) is 1.32. The number of ether oxygens (including phenoxy) is 1. The smallest absolute Gasteiger partial charge is 0.254 e. The predicted octanol–water partition coefficient (Wildman–Crippen LogP) is 1.67. The van der Waals surface area contributed by atoms with Gasteiger partial charge in [0.25, 0.3) is 5.91 Å². The van der Waals surface area contributed by atoms with E-state index >= 15 is 0 Å². The van der Waals surface area contributed by atoms with Crippen molar-refractivity contribution in [3.05, 3.63) is 42.0 Å². The van der Waals surface area contributed by atoms with Gasteiger partial charge in [-0.05, 0) is 25.1 Å². The van der Waals surface area contributed by atoms with Crippen molar-refractivity contribution in [2.24, 2.45) is 7.05 Å². The van der Waals surface area contributed by atoms with Gasteiger partial charge in [-0.1, -0.05) is 0 Å². The number of carbonyl (C=O) groups is 1. The highest BCUT2D eigenvalue weighted by molar-refractivity contribution is 5.95. The summed E-state index contributed by atoms with van der Waals surface area (Å²) < 4.78 is 7.25. The topological polar surface area (TPSA) is 73.4 Å². The molecular weight excluding hydrogens is 268 g/mol. The highest BCUT2D eigenvalue weighted by Gasteiger charge is 2.15. The molecular formula is C15H20N4O2. The molecule has 0 radical (unpaired) electrons. The number of hydrogen-bond donors (Lipinski definition) is 1. The molecule has 0 aliphatic rings. The lowest BCUT2D eigenvalue weighted by molar-refractivity contribution is 0.0780. The minimum absolute atomic E-state index is 0.104. The third-order valence-corrected chi connectivity index (χ3v) is 3.20. The van der Waals surface area contributed by atoms with Crippen molar-refractivity contribution < 1.29 is 9.53 Å². The van der Waals surface area contributed by atoms with E-state index in [4.69, 9.17) is 10.5 Å². The van der Waals surface area contributed by atoms with Crippen LogP contribution in [-0.4, -0.2) is 34.0 Å². The van der Waals surface area contributed by atoms with E-state index in [9.17, 15) is 4.79 Å². The van der Waals surface area contributed by atoms with Crippen LogP contribution in [0.5, 0.6) is 5.75 Å². The van der Waals surface area contributed by atoms with Gasteiger partial charge in [0.15, 0.2) is 0 Å². The molecule has 1 aromatic carbocycles. The first-order valence-corrected chi connectivity index (χ1v) is 6.77. The van der Waals surface area contributed by atoms with Crippen LogP contribution in [-0.2, 0) is 13.6 Å². The van der Waals surface area contributed by atoms with Crippen LogP contribution in [0.2, 0.25) is 0 Å². The Labute approximate surface area is 124 Å². The number of nitrogens with two attached hydrogens (primary N) is 1. The van der Waals surface area contributed by atoms with Crippen molar-refractivity contribution in [1.82, 2.24) is 14.5 Å². The zero-order valence-electron chi connectivity index (χ0n) is 12.5. The molecule has 1 amide bonds. The Morgan fingerprint density at radius 2 is 2.24 bits per heavy atom. The number of hydrogen-bond acceptors (Lipinski definition) is 4. The number of carbonyl (C=O) groups excluding carboxylic acids is 1. The van der Waals surface area contributed by atoms with Gasteiger partial charge in [-0.25, -0.2) is 4.98 Å². The highest BCUT2D eigenvalue weighted by atomic mass is 16.5. The number of benzene rings is 1. The fraction of sp³-hybridized carbons (Fsp3) is 0.333. The fourth-order valence-corrected chi connectivity index (χ4v) is 2.02. The monoisotopic (exact) mass is 288 g/mol. The van der Waals surface area contributed by atoms with Crippen molar-refractivity contribution >= 4 is 11.6 Å². The molecule has 0 fully saturated rings. The average molecular weight is 288 g/mol. The van der Waals surface area contributed by atoms with Crippen molar-refractivity contribution in [2.75, 3.05) is 19.4 Å². The molecule has 0 saturated carbocycles. The Hall–Kier alpha value is -2.50. The summed E-state index contributed by atoms with van der Waals surface area (Å²) in [6.07, 6.45) is 3.56. The third kappa shape index (κ3) is 3.34. The molecule has 6 heteroatoms. The van der Waals surface area contributed by atoms with Gasteiger partial charge in [-0.15, -0.1) is 0 Å². The highest BCUT2D eigenvalue weighted by Crippen LogP contribution is 2.23. The van der Waals surface area contributed by atoms with Crippen LogP contribution < -0.4 is 10.5 Å². The normalized spacial score (nSPS) is 10.4. The minimum atomic E-state index is -0.104. The van der Waals surface area contributed by atoms with Gasteiger partial charge in [0.2, 0.25) is 0 Å². The molecule has 2 N–H and O–H groups in total. The SMILES string of the molecule is CCOc1ccc(C(=O)N(C)Cc2nccn2C)cc1N. The molecule has 1 aromatic heterocycles. The Morgan fingerprint density at radius 3 is 2.81 bits per heavy atom. The lowest BCUT2D eigenvalue weighted by Gasteiger charge is -2.17. The minimum Gasteiger partial charge on any atom is -0.492 e. The van der Waals surface area contributed by atoms with Gasteiger partial charge in [0.1, 0.15) is 11.6 Å². The van der Waals surface area contributed by atoms with Gasteiger partial charge in [0, 0.05) is 32.1 Å². The van der Waals surface area contributed by atoms with E-state index < -0.39 is 0 Å². The summed E-state index contributed by atoms with van der Waals surface area (Å²) in [5.41, 5.74) is 6.89. The quantitative estimate of drug-likeness (QED) is 0.849. The van der Waals surface area contributed by atoms with Crippen LogP contribution in [0.1, 0.15) is 23.1 Å². The largest absolute Gasteiger partial charge is 0.492 e. The van der Waals surface area contributed by atoms with Crippen molar-refractivity contribution in [1.29, 1.82) is 0 Å². The van der Waals surface area contributed by atoms with Gasteiger partial charge in [0.05, 0.1) is 18.8 Å². The molecule has 0 saturated heterocycles. The number of rotatable bonds is 5. The molecule has 0 unspecified atom stereocenters. The number of aromatic nitrogens is 2. The number of aryl methyl sites for hydroxylation is 1. The second-order valence-corrected chi connectivity index (χ2v) is 4.80. The van der Waals surface area contributed by atoms with Crippen LogP contribution >= 0.6 is 0 Å². The number of nitrogen functional groups attached to an aromatic ring is 1. The molecule has 2 aromatic rings. The molecule has 0 aliphatic carbocycles. The molecule has 0 atom stereocenters. The van der Waals surface area contributed by atoms with Crippen LogP contribution in [0.3, 0.4) is 0 Å². The number of imidazole rings is 1.